The summed E-state index contributed by atoms with van der Waals surface area (Å²) in [7, 11) is -3.94. The smallest absolute Gasteiger partial charge is 0.338 e. The van der Waals surface area contributed by atoms with Gasteiger partial charge in [-0.05, 0) is 68.3 Å². The Morgan fingerprint density at radius 3 is 2.40 bits per heavy atom. The van der Waals surface area contributed by atoms with E-state index in [2.05, 4.69) is 5.32 Å². The molecular weight excluding hydrogens is 411 g/mol. The Balaban J connectivity index is 1.76. The van der Waals surface area contributed by atoms with Crippen LogP contribution < -0.4 is 5.32 Å². The van der Waals surface area contributed by atoms with Crippen molar-refractivity contribution in [3.63, 3.8) is 0 Å². The molecule has 0 saturated carbocycles. The first-order valence-electron chi connectivity index (χ1n) is 9.68. The maximum absolute atomic E-state index is 13.2. The molecule has 0 bridgehead atoms. The van der Waals surface area contributed by atoms with Crippen molar-refractivity contribution in [2.24, 2.45) is 0 Å². The Kier molecular flexibility index (Phi) is 6.84. The van der Waals surface area contributed by atoms with Gasteiger partial charge in [0.05, 0.1) is 17.1 Å². The van der Waals surface area contributed by atoms with E-state index in [0.29, 0.717) is 24.1 Å². The molecule has 2 aromatic rings. The van der Waals surface area contributed by atoms with Gasteiger partial charge >= 0.3 is 5.97 Å². The van der Waals surface area contributed by atoms with Crippen LogP contribution in [0.4, 0.5) is 10.1 Å². The monoisotopic (exact) mass is 434 g/mol. The zero-order valence-corrected chi connectivity index (χ0v) is 17.3. The van der Waals surface area contributed by atoms with Crippen molar-refractivity contribution in [2.75, 3.05) is 18.5 Å². The summed E-state index contributed by atoms with van der Waals surface area (Å²) >= 11 is 0. The molecule has 2 aromatic carbocycles. The molecule has 0 radical (unpaired) electrons. The average Bonchev–Trinajstić information content (AvgIpc) is 2.74. The topological polar surface area (TPSA) is 92.8 Å². The molecule has 1 heterocycles. The lowest BCUT2D eigenvalue weighted by molar-refractivity contribution is -0.120. The molecule has 1 amide bonds. The molecule has 160 valence electrons. The van der Waals surface area contributed by atoms with Crippen molar-refractivity contribution in [1.29, 1.82) is 0 Å². The Bertz CT molecular complexity index is 1010. The van der Waals surface area contributed by atoms with E-state index in [1.807, 2.05) is 0 Å². The van der Waals surface area contributed by atoms with Gasteiger partial charge in [-0.3, -0.25) is 4.79 Å². The fourth-order valence-corrected chi connectivity index (χ4v) is 4.98. The van der Waals surface area contributed by atoms with E-state index in [9.17, 15) is 22.4 Å². The Hall–Kier alpha value is -2.78. The Morgan fingerprint density at radius 1 is 1.10 bits per heavy atom. The number of rotatable bonds is 6. The molecule has 1 aliphatic heterocycles. The quantitative estimate of drug-likeness (QED) is 0.705. The van der Waals surface area contributed by atoms with Gasteiger partial charge in [-0.25, -0.2) is 17.6 Å². The molecule has 0 aliphatic carbocycles. The summed E-state index contributed by atoms with van der Waals surface area (Å²) in [5.41, 5.74) is 0.797. The van der Waals surface area contributed by atoms with Gasteiger partial charge in [0.1, 0.15) is 11.9 Å². The molecule has 0 spiro atoms. The Morgan fingerprint density at radius 2 is 1.77 bits per heavy atom. The van der Waals surface area contributed by atoms with E-state index in [4.69, 9.17) is 4.74 Å². The van der Waals surface area contributed by atoms with Gasteiger partial charge in [-0.1, -0.05) is 6.42 Å². The molecule has 3 rings (SSSR count). The molecule has 7 nitrogen and oxygen atoms in total. The van der Waals surface area contributed by atoms with Gasteiger partial charge < -0.3 is 10.1 Å². The maximum atomic E-state index is 13.2. The highest BCUT2D eigenvalue weighted by molar-refractivity contribution is 7.89. The lowest BCUT2D eigenvalue weighted by Gasteiger charge is -2.33. The Labute approximate surface area is 174 Å². The SMILES string of the molecule is CCOC(=O)c1ccc(NC(=O)C2CCCCN2S(=O)(=O)c2ccc(F)cc2)cc1. The molecule has 1 unspecified atom stereocenters. The number of piperidine rings is 1. The molecule has 1 atom stereocenters. The number of halogens is 1. The van der Waals surface area contributed by atoms with Gasteiger partial charge in [-0.2, -0.15) is 4.31 Å². The highest BCUT2D eigenvalue weighted by Gasteiger charge is 2.37. The van der Waals surface area contributed by atoms with Gasteiger partial charge in [0.25, 0.3) is 0 Å². The third-order valence-corrected chi connectivity index (χ3v) is 6.76. The first-order chi connectivity index (χ1) is 14.3. The van der Waals surface area contributed by atoms with Crippen LogP contribution in [-0.2, 0) is 19.6 Å². The molecule has 1 N–H and O–H groups in total. The summed E-state index contributed by atoms with van der Waals surface area (Å²) in [6, 6.07) is 9.86. The van der Waals surface area contributed by atoms with Gasteiger partial charge in [0.15, 0.2) is 0 Å². The highest BCUT2D eigenvalue weighted by Crippen LogP contribution is 2.26. The number of carbonyl (C=O) groups is 2. The van der Waals surface area contributed by atoms with Crippen molar-refractivity contribution in [3.8, 4) is 0 Å². The molecule has 9 heteroatoms. The van der Waals surface area contributed by atoms with Gasteiger partial charge in [0.2, 0.25) is 15.9 Å². The first-order valence-corrected chi connectivity index (χ1v) is 11.1. The van der Waals surface area contributed by atoms with Crippen molar-refractivity contribution in [3.05, 3.63) is 59.9 Å². The largest absolute Gasteiger partial charge is 0.462 e. The number of amides is 1. The van der Waals surface area contributed by atoms with Crippen LogP contribution in [0.25, 0.3) is 0 Å². The van der Waals surface area contributed by atoms with Crippen LogP contribution in [0.5, 0.6) is 0 Å². The number of nitrogens with one attached hydrogen (secondary N) is 1. The minimum atomic E-state index is -3.94. The fraction of sp³-hybridized carbons (Fsp3) is 0.333. The molecule has 0 aromatic heterocycles. The normalized spacial score (nSPS) is 17.3. The van der Waals surface area contributed by atoms with E-state index in [1.165, 1.54) is 28.6 Å². The predicted octanol–water partition coefficient (Wildman–Crippen LogP) is 3.18. The highest BCUT2D eigenvalue weighted by atomic mass is 32.2. The van der Waals surface area contributed by atoms with Crippen molar-refractivity contribution in [1.82, 2.24) is 4.31 Å². The minimum Gasteiger partial charge on any atom is -0.462 e. The van der Waals surface area contributed by atoms with Crippen LogP contribution in [0, 0.1) is 5.82 Å². The van der Waals surface area contributed by atoms with E-state index < -0.39 is 33.8 Å². The van der Waals surface area contributed by atoms with Gasteiger partial charge in [0, 0.05) is 12.2 Å². The van der Waals surface area contributed by atoms with Crippen LogP contribution in [-0.4, -0.2) is 43.8 Å². The molecule has 1 saturated heterocycles. The van der Waals surface area contributed by atoms with Crippen molar-refractivity contribution < 1.29 is 27.1 Å². The zero-order valence-electron chi connectivity index (χ0n) is 16.5. The second-order valence-corrected chi connectivity index (χ2v) is 8.76. The summed E-state index contributed by atoms with van der Waals surface area (Å²) < 4.78 is 45.3. The van der Waals surface area contributed by atoms with E-state index in [-0.39, 0.29) is 18.0 Å². The number of esters is 1. The maximum Gasteiger partial charge on any atom is 0.338 e. The summed E-state index contributed by atoms with van der Waals surface area (Å²) in [5, 5.41) is 2.72. The number of anilines is 1. The first kappa shape index (κ1) is 21.9. The van der Waals surface area contributed by atoms with E-state index >= 15 is 0 Å². The molecule has 1 fully saturated rings. The van der Waals surface area contributed by atoms with Crippen molar-refractivity contribution >= 4 is 27.6 Å². The lowest BCUT2D eigenvalue weighted by atomic mass is 10.0. The number of sulfonamides is 1. The van der Waals surface area contributed by atoms with Gasteiger partial charge in [-0.15, -0.1) is 0 Å². The van der Waals surface area contributed by atoms with E-state index in [1.54, 1.807) is 19.1 Å². The van der Waals surface area contributed by atoms with Crippen LogP contribution in [0.2, 0.25) is 0 Å². The van der Waals surface area contributed by atoms with Crippen LogP contribution in [0.3, 0.4) is 0 Å². The molecular formula is C21H23FN2O5S. The molecule has 30 heavy (non-hydrogen) atoms. The number of hydrogen-bond donors (Lipinski definition) is 1. The predicted molar refractivity (Wildman–Crippen MR) is 109 cm³/mol. The number of benzene rings is 2. The average molecular weight is 434 g/mol. The summed E-state index contributed by atoms with van der Waals surface area (Å²) in [6.07, 6.45) is 1.74. The number of carbonyl (C=O) groups excluding carboxylic acids is 2. The zero-order chi connectivity index (χ0) is 21.7. The summed E-state index contributed by atoms with van der Waals surface area (Å²) in [4.78, 5) is 24.5. The molecule has 1 aliphatic rings. The number of nitrogens with zero attached hydrogens (tertiary/aromatic N) is 1. The van der Waals surface area contributed by atoms with Crippen LogP contribution in [0.15, 0.2) is 53.4 Å². The third kappa shape index (κ3) is 4.85. The standard InChI is InChI=1S/C21H23FN2O5S/c1-2-29-21(26)15-6-10-17(11-7-15)23-20(25)19-5-3-4-14-24(19)30(27,28)18-12-8-16(22)9-13-18/h6-13,19H,2-5,14H2,1H3,(H,23,25). The van der Waals surface area contributed by atoms with Crippen LogP contribution in [0.1, 0.15) is 36.5 Å². The van der Waals surface area contributed by atoms with E-state index in [0.717, 1.165) is 18.6 Å². The fourth-order valence-electron chi connectivity index (χ4n) is 3.33. The summed E-state index contributed by atoms with van der Waals surface area (Å²) in [5.74, 6) is -1.45. The second-order valence-electron chi connectivity index (χ2n) is 6.87. The van der Waals surface area contributed by atoms with Crippen LogP contribution >= 0.6 is 0 Å². The number of ether oxygens (including phenoxy) is 1. The third-order valence-electron chi connectivity index (χ3n) is 4.84. The summed E-state index contributed by atoms with van der Waals surface area (Å²) in [6.45, 7) is 2.18. The number of hydrogen-bond acceptors (Lipinski definition) is 5. The second kappa shape index (κ2) is 9.36. The minimum absolute atomic E-state index is 0.0533. The lowest BCUT2D eigenvalue weighted by Crippen LogP contribution is -2.49. The van der Waals surface area contributed by atoms with Crippen molar-refractivity contribution in [2.45, 2.75) is 37.1 Å².